The van der Waals surface area contributed by atoms with Crippen molar-refractivity contribution in [1.29, 1.82) is 0 Å². The van der Waals surface area contributed by atoms with Crippen LogP contribution < -0.4 is 10.6 Å². The largest absolute Gasteiger partial charge is 0.335 e. The molecule has 96 valence electrons. The normalized spacial score (nSPS) is 11.3. The number of benzene rings is 1. The summed E-state index contributed by atoms with van der Waals surface area (Å²) in [6.07, 6.45) is 0. The van der Waals surface area contributed by atoms with Gasteiger partial charge < -0.3 is 10.6 Å². The zero-order chi connectivity index (χ0) is 13.4. The number of hydrogen-bond acceptors (Lipinski definition) is 1. The molecule has 0 bridgehead atoms. The molecule has 2 amide bonds. The summed E-state index contributed by atoms with van der Waals surface area (Å²) in [6, 6.07) is 9.69. The molecule has 0 fully saturated rings. The van der Waals surface area contributed by atoms with Gasteiger partial charge in [-0.25, -0.2) is 4.79 Å². The van der Waals surface area contributed by atoms with Crippen LogP contribution in [0.1, 0.15) is 26.3 Å². The van der Waals surface area contributed by atoms with E-state index in [1.807, 2.05) is 37.3 Å². The summed E-state index contributed by atoms with van der Waals surface area (Å²) in [5, 5.41) is 5.58. The summed E-state index contributed by atoms with van der Waals surface area (Å²) in [5.41, 5.74) is 0.954. The molecule has 0 aliphatic rings. The second-order valence-electron chi connectivity index (χ2n) is 4.53. The maximum Gasteiger partial charge on any atom is 0.315 e. The molecule has 0 radical (unpaired) electrons. The van der Waals surface area contributed by atoms with Crippen LogP contribution in [0.15, 0.2) is 30.3 Å². The smallest absolute Gasteiger partial charge is 0.315 e. The van der Waals surface area contributed by atoms with Crippen molar-refractivity contribution < 1.29 is 4.79 Å². The first kappa shape index (κ1) is 14.1. The first-order chi connectivity index (χ1) is 8.59. The van der Waals surface area contributed by atoms with E-state index >= 15 is 0 Å². The molecule has 3 heteroatoms. The molecule has 1 aromatic carbocycles. The van der Waals surface area contributed by atoms with Crippen molar-refractivity contribution in [2.24, 2.45) is 5.92 Å². The molecular formula is C15H20N2O. The average molecular weight is 244 g/mol. The Balaban J connectivity index is 2.30. The van der Waals surface area contributed by atoms with Gasteiger partial charge in [-0.2, -0.15) is 0 Å². The van der Waals surface area contributed by atoms with Gasteiger partial charge in [-0.15, -0.1) is 0 Å². The highest BCUT2D eigenvalue weighted by Gasteiger charge is 2.09. The molecule has 1 unspecified atom stereocenters. The number of carbonyl (C=O) groups excluding carboxylic acids is 1. The molecule has 0 aliphatic heterocycles. The summed E-state index contributed by atoms with van der Waals surface area (Å²) in [6.45, 7) is 6.48. The van der Waals surface area contributed by atoms with Crippen molar-refractivity contribution in [1.82, 2.24) is 10.6 Å². The van der Waals surface area contributed by atoms with Gasteiger partial charge in [-0.05, 0) is 25.0 Å². The van der Waals surface area contributed by atoms with E-state index in [-0.39, 0.29) is 12.1 Å². The van der Waals surface area contributed by atoms with Crippen LogP contribution in [0.3, 0.4) is 0 Å². The lowest BCUT2D eigenvalue weighted by Gasteiger charge is -2.17. The number of carbonyl (C=O) groups is 1. The fourth-order valence-electron chi connectivity index (χ4n) is 1.22. The van der Waals surface area contributed by atoms with Gasteiger partial charge in [0.25, 0.3) is 0 Å². The van der Waals surface area contributed by atoms with E-state index in [2.05, 4.69) is 36.3 Å². The predicted octanol–water partition coefficient (Wildman–Crippen LogP) is 2.38. The third-order valence-corrected chi connectivity index (χ3v) is 2.70. The number of amides is 2. The van der Waals surface area contributed by atoms with E-state index < -0.39 is 0 Å². The van der Waals surface area contributed by atoms with Crippen LogP contribution in [-0.4, -0.2) is 18.6 Å². The molecule has 0 spiro atoms. The Morgan fingerprint density at radius 2 is 1.89 bits per heavy atom. The van der Waals surface area contributed by atoms with Gasteiger partial charge in [0, 0.05) is 11.6 Å². The summed E-state index contributed by atoms with van der Waals surface area (Å²) in [4.78, 5) is 11.5. The highest BCUT2D eigenvalue weighted by atomic mass is 16.2. The lowest BCUT2D eigenvalue weighted by Crippen LogP contribution is -2.43. The van der Waals surface area contributed by atoms with Crippen LogP contribution in [0.4, 0.5) is 4.79 Å². The third kappa shape index (κ3) is 5.40. The van der Waals surface area contributed by atoms with Gasteiger partial charge in [0.1, 0.15) is 0 Å². The fourth-order valence-corrected chi connectivity index (χ4v) is 1.22. The molecule has 1 aromatic rings. The number of urea groups is 1. The molecule has 3 nitrogen and oxygen atoms in total. The van der Waals surface area contributed by atoms with Crippen LogP contribution in [0.25, 0.3) is 0 Å². The number of nitrogens with one attached hydrogen (secondary N) is 2. The van der Waals surface area contributed by atoms with Gasteiger partial charge in [0.2, 0.25) is 0 Å². The van der Waals surface area contributed by atoms with E-state index in [4.69, 9.17) is 0 Å². The quantitative estimate of drug-likeness (QED) is 0.788. The lowest BCUT2D eigenvalue weighted by atomic mass is 10.1. The van der Waals surface area contributed by atoms with Crippen molar-refractivity contribution in [2.45, 2.75) is 26.8 Å². The Labute approximate surface area is 109 Å². The van der Waals surface area contributed by atoms with Crippen molar-refractivity contribution in [3.63, 3.8) is 0 Å². The van der Waals surface area contributed by atoms with E-state index in [1.165, 1.54) is 0 Å². The van der Waals surface area contributed by atoms with Crippen molar-refractivity contribution in [3.05, 3.63) is 35.9 Å². The molecule has 0 saturated carbocycles. The van der Waals surface area contributed by atoms with E-state index in [1.54, 1.807) is 0 Å². The first-order valence-corrected chi connectivity index (χ1v) is 6.18. The summed E-state index contributed by atoms with van der Waals surface area (Å²) >= 11 is 0. The van der Waals surface area contributed by atoms with Crippen LogP contribution in [-0.2, 0) is 0 Å². The maximum atomic E-state index is 11.5. The van der Waals surface area contributed by atoms with Crippen molar-refractivity contribution in [2.75, 3.05) is 6.54 Å². The Hall–Kier alpha value is -1.95. The Morgan fingerprint density at radius 1 is 1.22 bits per heavy atom. The molecule has 0 aromatic heterocycles. The second kappa shape index (κ2) is 7.39. The third-order valence-electron chi connectivity index (χ3n) is 2.70. The molecular weight excluding hydrogens is 224 g/mol. The van der Waals surface area contributed by atoms with Crippen molar-refractivity contribution >= 4 is 6.03 Å². The minimum absolute atomic E-state index is 0.159. The molecule has 0 aliphatic carbocycles. The maximum absolute atomic E-state index is 11.5. The van der Waals surface area contributed by atoms with Crippen LogP contribution in [0.2, 0.25) is 0 Å². The zero-order valence-corrected chi connectivity index (χ0v) is 11.2. The summed E-state index contributed by atoms with van der Waals surface area (Å²) in [5.74, 6) is 6.32. The standard InChI is InChI=1S/C15H20N2O/c1-12(2)13(3)17-15(18)16-11-7-10-14-8-5-4-6-9-14/h4-6,8-9,12-13H,11H2,1-3H3,(H2,16,17,18). The van der Waals surface area contributed by atoms with Crippen LogP contribution in [0, 0.1) is 17.8 Å². The number of rotatable bonds is 3. The number of hydrogen-bond donors (Lipinski definition) is 2. The van der Waals surface area contributed by atoms with Gasteiger partial charge in [-0.1, -0.05) is 43.9 Å². The minimum Gasteiger partial charge on any atom is -0.335 e. The van der Waals surface area contributed by atoms with Crippen LogP contribution in [0.5, 0.6) is 0 Å². The first-order valence-electron chi connectivity index (χ1n) is 6.18. The highest BCUT2D eigenvalue weighted by molar-refractivity contribution is 5.74. The summed E-state index contributed by atoms with van der Waals surface area (Å²) < 4.78 is 0. The Bertz CT molecular complexity index is 429. The SMILES string of the molecule is CC(C)C(C)NC(=O)NCC#Cc1ccccc1. The molecule has 1 rings (SSSR count). The minimum atomic E-state index is -0.168. The molecule has 18 heavy (non-hydrogen) atoms. The fraction of sp³-hybridized carbons (Fsp3) is 0.400. The van der Waals surface area contributed by atoms with Gasteiger partial charge in [0.15, 0.2) is 0 Å². The van der Waals surface area contributed by atoms with E-state index in [9.17, 15) is 4.79 Å². The monoisotopic (exact) mass is 244 g/mol. The predicted molar refractivity (Wildman–Crippen MR) is 74.2 cm³/mol. The average Bonchev–Trinajstić information content (AvgIpc) is 2.35. The van der Waals surface area contributed by atoms with Gasteiger partial charge >= 0.3 is 6.03 Å². The summed E-state index contributed by atoms with van der Waals surface area (Å²) in [7, 11) is 0. The van der Waals surface area contributed by atoms with Crippen molar-refractivity contribution in [3.8, 4) is 11.8 Å². The zero-order valence-electron chi connectivity index (χ0n) is 11.2. The van der Waals surface area contributed by atoms with Gasteiger partial charge in [-0.3, -0.25) is 0 Å². The van der Waals surface area contributed by atoms with E-state index in [0.29, 0.717) is 12.5 Å². The van der Waals surface area contributed by atoms with Crippen LogP contribution >= 0.6 is 0 Å². The van der Waals surface area contributed by atoms with Gasteiger partial charge in [0.05, 0.1) is 6.54 Å². The lowest BCUT2D eigenvalue weighted by molar-refractivity contribution is 0.235. The topological polar surface area (TPSA) is 41.1 Å². The Kier molecular flexibility index (Phi) is 5.79. The second-order valence-corrected chi connectivity index (χ2v) is 4.53. The Morgan fingerprint density at radius 3 is 2.50 bits per heavy atom. The van der Waals surface area contributed by atoms with E-state index in [0.717, 1.165) is 5.56 Å². The molecule has 0 heterocycles. The molecule has 1 atom stereocenters. The highest BCUT2D eigenvalue weighted by Crippen LogP contribution is 1.98. The molecule has 2 N–H and O–H groups in total. The molecule has 0 saturated heterocycles.